The molecule has 1 atom stereocenters. The van der Waals surface area contributed by atoms with Gasteiger partial charge in [0.25, 0.3) is 0 Å². The Hall–Kier alpha value is -0.590. The molecule has 0 bridgehead atoms. The second-order valence-electron chi connectivity index (χ2n) is 1.84. The quantitative estimate of drug-likeness (QED) is 0.683. The summed E-state index contributed by atoms with van der Waals surface area (Å²) in [5.74, 6) is -0.133. The first-order valence-electron chi connectivity index (χ1n) is 2.74. The van der Waals surface area contributed by atoms with Crippen molar-refractivity contribution in [2.24, 2.45) is 5.14 Å². The highest BCUT2D eigenvalue weighted by Gasteiger charge is 2.07. The number of hydrogen-bond donors (Lipinski definition) is 1. The van der Waals surface area contributed by atoms with Crippen LogP contribution in [0.15, 0.2) is 10.4 Å². The fraction of sp³-hybridized carbons (Fsp3) is 0.200. The Morgan fingerprint density at radius 3 is 2.73 bits per heavy atom. The van der Waals surface area contributed by atoms with Crippen molar-refractivity contribution in [1.82, 2.24) is 4.98 Å². The van der Waals surface area contributed by atoms with Crippen molar-refractivity contribution >= 4 is 28.1 Å². The van der Waals surface area contributed by atoms with Gasteiger partial charge in [-0.15, -0.1) is 11.3 Å². The Bertz CT molecular complexity index is 279. The summed E-state index contributed by atoms with van der Waals surface area (Å²) in [5, 5.41) is 5.40. The molecule has 0 aromatic carbocycles. The van der Waals surface area contributed by atoms with Crippen LogP contribution in [0.2, 0.25) is 0 Å². The number of ketones is 1. The SMILES string of the molecule is CC(=O)c1ncc(S(N)=O)s1. The van der Waals surface area contributed by atoms with Gasteiger partial charge in [-0.05, 0) is 0 Å². The highest BCUT2D eigenvalue weighted by Crippen LogP contribution is 2.14. The van der Waals surface area contributed by atoms with Gasteiger partial charge in [-0.2, -0.15) is 0 Å². The zero-order chi connectivity index (χ0) is 8.43. The maximum absolute atomic E-state index is 10.7. The van der Waals surface area contributed by atoms with Gasteiger partial charge in [-0.25, -0.2) is 14.3 Å². The molecule has 2 N–H and O–H groups in total. The molecule has 11 heavy (non-hydrogen) atoms. The molecular weight excluding hydrogens is 184 g/mol. The van der Waals surface area contributed by atoms with E-state index in [1.165, 1.54) is 13.1 Å². The molecule has 0 radical (unpaired) electrons. The van der Waals surface area contributed by atoms with E-state index in [0.29, 0.717) is 9.22 Å². The van der Waals surface area contributed by atoms with E-state index in [4.69, 9.17) is 5.14 Å². The van der Waals surface area contributed by atoms with Crippen LogP contribution in [0.1, 0.15) is 16.7 Å². The van der Waals surface area contributed by atoms with Crippen LogP contribution in [-0.4, -0.2) is 15.0 Å². The topological polar surface area (TPSA) is 73.1 Å². The minimum absolute atomic E-state index is 0.133. The minimum atomic E-state index is -1.52. The van der Waals surface area contributed by atoms with E-state index in [9.17, 15) is 9.00 Å². The molecule has 0 spiro atoms. The highest BCUT2D eigenvalue weighted by molar-refractivity contribution is 7.85. The third kappa shape index (κ3) is 1.92. The lowest BCUT2D eigenvalue weighted by molar-refractivity contribution is 0.101. The first-order valence-corrected chi connectivity index (χ1v) is 4.77. The molecule has 1 aromatic heterocycles. The first kappa shape index (κ1) is 8.51. The van der Waals surface area contributed by atoms with E-state index < -0.39 is 11.0 Å². The number of thiazole rings is 1. The van der Waals surface area contributed by atoms with Crippen LogP contribution in [0.4, 0.5) is 0 Å². The van der Waals surface area contributed by atoms with E-state index in [1.807, 2.05) is 0 Å². The standard InChI is InChI=1S/C5H6N2O2S2/c1-3(8)5-7-2-4(10-5)11(6)9/h2H,6H2,1H3. The second kappa shape index (κ2) is 3.21. The van der Waals surface area contributed by atoms with E-state index >= 15 is 0 Å². The molecule has 1 unspecified atom stereocenters. The Balaban J connectivity index is 2.99. The first-order chi connectivity index (χ1) is 5.11. The summed E-state index contributed by atoms with van der Waals surface area (Å²) in [4.78, 5) is 14.4. The molecule has 6 heteroatoms. The van der Waals surface area contributed by atoms with Crippen molar-refractivity contribution in [2.45, 2.75) is 11.1 Å². The van der Waals surface area contributed by atoms with Crippen LogP contribution >= 0.6 is 11.3 Å². The van der Waals surface area contributed by atoms with Crippen LogP contribution in [0, 0.1) is 0 Å². The number of nitrogens with two attached hydrogens (primary N) is 1. The summed E-state index contributed by atoms with van der Waals surface area (Å²) in [6.45, 7) is 1.40. The fourth-order valence-electron chi connectivity index (χ4n) is 0.515. The summed E-state index contributed by atoms with van der Waals surface area (Å²) in [6.07, 6.45) is 1.36. The van der Waals surface area contributed by atoms with Gasteiger partial charge in [0.1, 0.15) is 15.2 Å². The van der Waals surface area contributed by atoms with Gasteiger partial charge >= 0.3 is 0 Å². The Kier molecular flexibility index (Phi) is 2.48. The number of carbonyl (C=O) groups is 1. The molecular formula is C5H6N2O2S2. The maximum Gasteiger partial charge on any atom is 0.188 e. The zero-order valence-electron chi connectivity index (χ0n) is 5.73. The molecule has 0 amide bonds. The average Bonchev–Trinajstić information content (AvgIpc) is 2.33. The number of aromatic nitrogens is 1. The van der Waals surface area contributed by atoms with Gasteiger partial charge in [0.15, 0.2) is 10.8 Å². The van der Waals surface area contributed by atoms with Crippen molar-refractivity contribution in [3.8, 4) is 0 Å². The monoisotopic (exact) mass is 190 g/mol. The molecule has 1 rings (SSSR count). The lowest BCUT2D eigenvalue weighted by Gasteiger charge is -1.83. The molecule has 1 heterocycles. The third-order valence-corrected chi connectivity index (χ3v) is 3.12. The third-order valence-electron chi connectivity index (χ3n) is 0.984. The number of Topliss-reactive ketones (excluding diaryl/α,β-unsaturated/α-hetero) is 1. The zero-order valence-corrected chi connectivity index (χ0v) is 7.37. The van der Waals surface area contributed by atoms with Crippen LogP contribution in [-0.2, 0) is 11.0 Å². The summed E-state index contributed by atoms with van der Waals surface area (Å²) >= 11 is 1.06. The van der Waals surface area contributed by atoms with E-state index in [-0.39, 0.29) is 5.78 Å². The number of carbonyl (C=O) groups excluding carboxylic acids is 1. The van der Waals surface area contributed by atoms with Crippen molar-refractivity contribution in [3.63, 3.8) is 0 Å². The molecule has 0 saturated carbocycles. The van der Waals surface area contributed by atoms with E-state index in [1.54, 1.807) is 0 Å². The van der Waals surface area contributed by atoms with E-state index in [0.717, 1.165) is 11.3 Å². The van der Waals surface area contributed by atoms with Gasteiger partial charge in [0.2, 0.25) is 0 Å². The average molecular weight is 190 g/mol. The molecule has 4 nitrogen and oxygen atoms in total. The second-order valence-corrected chi connectivity index (χ2v) is 4.16. The summed E-state index contributed by atoms with van der Waals surface area (Å²) in [5.41, 5.74) is 0. The van der Waals surface area contributed by atoms with Crippen LogP contribution in [0.25, 0.3) is 0 Å². The molecule has 0 fully saturated rings. The maximum atomic E-state index is 10.7. The Labute approximate surface area is 70.0 Å². The lowest BCUT2D eigenvalue weighted by atomic mass is 10.5. The molecule has 0 saturated heterocycles. The summed E-state index contributed by atoms with van der Waals surface area (Å²) in [6, 6.07) is 0. The van der Waals surface area contributed by atoms with Gasteiger partial charge in [0.05, 0.1) is 6.20 Å². The molecule has 0 aliphatic carbocycles. The summed E-state index contributed by atoms with van der Waals surface area (Å²) < 4.78 is 11.1. The Morgan fingerprint density at radius 2 is 2.45 bits per heavy atom. The van der Waals surface area contributed by atoms with E-state index in [2.05, 4.69) is 4.98 Å². The van der Waals surface area contributed by atoms with Gasteiger partial charge in [0, 0.05) is 6.92 Å². The highest BCUT2D eigenvalue weighted by atomic mass is 32.2. The number of nitrogens with zero attached hydrogens (tertiary/aromatic N) is 1. The van der Waals surface area contributed by atoms with Crippen LogP contribution in [0.3, 0.4) is 0 Å². The predicted octanol–water partition coefficient (Wildman–Crippen LogP) is 0.327. The van der Waals surface area contributed by atoms with Crippen molar-refractivity contribution in [2.75, 3.05) is 0 Å². The molecule has 1 aromatic rings. The van der Waals surface area contributed by atoms with Crippen molar-refractivity contribution in [3.05, 3.63) is 11.2 Å². The predicted molar refractivity (Wildman–Crippen MR) is 42.7 cm³/mol. The normalized spacial score (nSPS) is 12.9. The molecule has 0 aliphatic rings. The number of hydrogen-bond acceptors (Lipinski definition) is 4. The van der Waals surface area contributed by atoms with Crippen molar-refractivity contribution in [1.29, 1.82) is 0 Å². The molecule has 0 aliphatic heterocycles. The number of rotatable bonds is 2. The lowest BCUT2D eigenvalue weighted by Crippen LogP contribution is -1.99. The van der Waals surface area contributed by atoms with Gasteiger partial charge < -0.3 is 0 Å². The smallest absolute Gasteiger partial charge is 0.188 e. The van der Waals surface area contributed by atoms with Crippen molar-refractivity contribution < 1.29 is 9.00 Å². The minimum Gasteiger partial charge on any atom is -0.292 e. The Morgan fingerprint density at radius 1 is 1.82 bits per heavy atom. The fourth-order valence-corrected chi connectivity index (χ4v) is 1.78. The largest absolute Gasteiger partial charge is 0.292 e. The van der Waals surface area contributed by atoms with Crippen LogP contribution < -0.4 is 5.14 Å². The van der Waals surface area contributed by atoms with Gasteiger partial charge in [-0.1, -0.05) is 0 Å². The molecule has 60 valence electrons. The summed E-state index contributed by atoms with van der Waals surface area (Å²) in [7, 11) is -1.52. The van der Waals surface area contributed by atoms with Gasteiger partial charge in [-0.3, -0.25) is 4.79 Å². The van der Waals surface area contributed by atoms with Crippen LogP contribution in [0.5, 0.6) is 0 Å².